The molecule has 0 aliphatic carbocycles. The van der Waals surface area contributed by atoms with Crippen LogP contribution in [0.5, 0.6) is 0 Å². The summed E-state index contributed by atoms with van der Waals surface area (Å²) in [5, 5.41) is 12.0. The van der Waals surface area contributed by atoms with Crippen molar-refractivity contribution in [2.24, 2.45) is 0 Å². The van der Waals surface area contributed by atoms with Crippen molar-refractivity contribution in [3.63, 3.8) is 0 Å². The molecule has 0 bridgehead atoms. The van der Waals surface area contributed by atoms with Gasteiger partial charge in [-0.2, -0.15) is 0 Å². The van der Waals surface area contributed by atoms with Crippen molar-refractivity contribution in [1.29, 1.82) is 0 Å². The minimum atomic E-state index is 0.171. The number of fused-ring (bicyclic) bond motifs is 1. The predicted octanol–water partition coefficient (Wildman–Crippen LogP) is 2.23. The normalized spacial score (nSPS) is 17.7. The van der Waals surface area contributed by atoms with Crippen LogP contribution in [0.3, 0.4) is 0 Å². The molecule has 96 valence electrons. The zero-order valence-corrected chi connectivity index (χ0v) is 10.8. The van der Waals surface area contributed by atoms with Crippen LogP contribution in [0.1, 0.15) is 49.8 Å². The third-order valence-electron chi connectivity index (χ3n) is 3.50. The van der Waals surface area contributed by atoms with Crippen LogP contribution < -0.4 is 5.32 Å². The summed E-state index contributed by atoms with van der Waals surface area (Å²) in [5.41, 5.74) is 0. The van der Waals surface area contributed by atoms with Crippen LogP contribution in [0.2, 0.25) is 0 Å². The molecule has 1 aliphatic rings. The van der Waals surface area contributed by atoms with Gasteiger partial charge in [-0.15, -0.1) is 10.2 Å². The Kier molecular flexibility index (Phi) is 2.91. The summed E-state index contributed by atoms with van der Waals surface area (Å²) in [5.74, 6) is 3.09. The molecule has 0 saturated carbocycles. The van der Waals surface area contributed by atoms with Gasteiger partial charge in [-0.25, -0.2) is 0 Å². The topological polar surface area (TPSA) is 55.9 Å². The molecule has 0 aromatic carbocycles. The molecule has 0 saturated heterocycles. The van der Waals surface area contributed by atoms with Gasteiger partial charge in [-0.05, 0) is 32.4 Å². The van der Waals surface area contributed by atoms with E-state index in [1.54, 1.807) is 6.26 Å². The van der Waals surface area contributed by atoms with Crippen molar-refractivity contribution in [3.8, 4) is 0 Å². The molecule has 2 unspecified atom stereocenters. The predicted molar refractivity (Wildman–Crippen MR) is 67.0 cm³/mol. The van der Waals surface area contributed by atoms with Crippen LogP contribution in [0, 0.1) is 0 Å². The number of rotatable bonds is 4. The lowest BCUT2D eigenvalue weighted by Gasteiger charge is -2.18. The Morgan fingerprint density at radius 1 is 1.33 bits per heavy atom. The smallest absolute Gasteiger partial charge is 0.149 e. The SMILES string of the molecule is CC(NC(C)c1nnc2n1CCC2)c1ccco1. The van der Waals surface area contributed by atoms with Gasteiger partial charge in [0.05, 0.1) is 18.3 Å². The summed E-state index contributed by atoms with van der Waals surface area (Å²) in [6.45, 7) is 5.25. The van der Waals surface area contributed by atoms with Gasteiger partial charge in [-0.3, -0.25) is 5.32 Å². The van der Waals surface area contributed by atoms with Gasteiger partial charge in [0.2, 0.25) is 0 Å². The van der Waals surface area contributed by atoms with E-state index in [-0.39, 0.29) is 12.1 Å². The Bertz CT molecular complexity index is 517. The van der Waals surface area contributed by atoms with Crippen LogP contribution in [-0.2, 0) is 13.0 Å². The summed E-state index contributed by atoms with van der Waals surface area (Å²) in [4.78, 5) is 0. The first kappa shape index (κ1) is 11.5. The van der Waals surface area contributed by atoms with Gasteiger partial charge >= 0.3 is 0 Å². The second-order valence-corrected chi connectivity index (χ2v) is 4.86. The van der Waals surface area contributed by atoms with E-state index in [9.17, 15) is 0 Å². The minimum Gasteiger partial charge on any atom is -0.468 e. The Hall–Kier alpha value is -1.62. The summed E-state index contributed by atoms with van der Waals surface area (Å²) in [6.07, 6.45) is 3.93. The molecule has 0 spiro atoms. The third-order valence-corrected chi connectivity index (χ3v) is 3.50. The highest BCUT2D eigenvalue weighted by atomic mass is 16.3. The van der Waals surface area contributed by atoms with Crippen molar-refractivity contribution in [3.05, 3.63) is 35.8 Å². The monoisotopic (exact) mass is 246 g/mol. The molecule has 0 radical (unpaired) electrons. The quantitative estimate of drug-likeness (QED) is 0.898. The average molecular weight is 246 g/mol. The Labute approximate surface area is 106 Å². The summed E-state index contributed by atoms with van der Waals surface area (Å²) in [7, 11) is 0. The van der Waals surface area contributed by atoms with E-state index in [1.165, 1.54) is 6.42 Å². The fourth-order valence-electron chi connectivity index (χ4n) is 2.56. The fraction of sp³-hybridized carbons (Fsp3) is 0.538. The van der Waals surface area contributed by atoms with E-state index >= 15 is 0 Å². The van der Waals surface area contributed by atoms with Crippen molar-refractivity contribution >= 4 is 0 Å². The van der Waals surface area contributed by atoms with Gasteiger partial charge in [0.15, 0.2) is 0 Å². The highest BCUT2D eigenvalue weighted by Gasteiger charge is 2.22. The Balaban J connectivity index is 1.73. The number of nitrogens with one attached hydrogen (secondary N) is 1. The number of nitrogens with zero attached hydrogens (tertiary/aromatic N) is 3. The van der Waals surface area contributed by atoms with E-state index in [0.29, 0.717) is 0 Å². The maximum absolute atomic E-state index is 5.40. The van der Waals surface area contributed by atoms with Crippen LogP contribution >= 0.6 is 0 Å². The van der Waals surface area contributed by atoms with Gasteiger partial charge in [0, 0.05) is 13.0 Å². The van der Waals surface area contributed by atoms with Gasteiger partial charge in [-0.1, -0.05) is 0 Å². The first-order valence-corrected chi connectivity index (χ1v) is 6.47. The van der Waals surface area contributed by atoms with Gasteiger partial charge < -0.3 is 8.98 Å². The zero-order chi connectivity index (χ0) is 12.5. The number of hydrogen-bond donors (Lipinski definition) is 1. The lowest BCUT2D eigenvalue weighted by Crippen LogP contribution is -2.24. The molecular formula is C13H18N4O. The van der Waals surface area contributed by atoms with E-state index in [2.05, 4.69) is 33.9 Å². The number of aromatic nitrogens is 3. The molecule has 2 aromatic rings. The van der Waals surface area contributed by atoms with Crippen LogP contribution in [0.25, 0.3) is 0 Å². The number of hydrogen-bond acceptors (Lipinski definition) is 4. The van der Waals surface area contributed by atoms with Crippen LogP contribution in [0.15, 0.2) is 22.8 Å². The molecule has 1 aliphatic heterocycles. The van der Waals surface area contributed by atoms with Crippen molar-refractivity contribution in [1.82, 2.24) is 20.1 Å². The largest absolute Gasteiger partial charge is 0.468 e. The molecule has 0 fully saturated rings. The molecule has 3 rings (SSSR count). The van der Waals surface area contributed by atoms with Crippen molar-refractivity contribution in [2.75, 3.05) is 0 Å². The molecule has 18 heavy (non-hydrogen) atoms. The van der Waals surface area contributed by atoms with E-state index in [1.807, 2.05) is 12.1 Å². The zero-order valence-electron chi connectivity index (χ0n) is 10.8. The first-order valence-electron chi connectivity index (χ1n) is 6.47. The summed E-state index contributed by atoms with van der Waals surface area (Å²) < 4.78 is 7.63. The standard InChI is InChI=1S/C13H18N4O/c1-9(11-5-4-8-18-11)14-10(2)13-16-15-12-6-3-7-17(12)13/h4-5,8-10,14H,3,6-7H2,1-2H3. The summed E-state index contributed by atoms with van der Waals surface area (Å²) in [6, 6.07) is 4.24. The molecule has 1 N–H and O–H groups in total. The Morgan fingerprint density at radius 3 is 3.00 bits per heavy atom. The second-order valence-electron chi connectivity index (χ2n) is 4.86. The maximum Gasteiger partial charge on any atom is 0.149 e. The lowest BCUT2D eigenvalue weighted by molar-refractivity contribution is 0.390. The molecule has 2 aromatic heterocycles. The highest BCUT2D eigenvalue weighted by Crippen LogP contribution is 2.22. The van der Waals surface area contributed by atoms with E-state index < -0.39 is 0 Å². The lowest BCUT2D eigenvalue weighted by atomic mass is 10.2. The molecule has 0 amide bonds. The minimum absolute atomic E-state index is 0.171. The molecule has 3 heterocycles. The van der Waals surface area contributed by atoms with Crippen LogP contribution in [0.4, 0.5) is 0 Å². The first-order chi connectivity index (χ1) is 8.75. The number of aryl methyl sites for hydroxylation is 1. The van der Waals surface area contributed by atoms with Crippen molar-refractivity contribution in [2.45, 2.75) is 45.3 Å². The number of furan rings is 1. The van der Waals surface area contributed by atoms with Crippen LogP contribution in [-0.4, -0.2) is 14.8 Å². The maximum atomic E-state index is 5.40. The van der Waals surface area contributed by atoms with Gasteiger partial charge in [0.25, 0.3) is 0 Å². The summed E-state index contributed by atoms with van der Waals surface area (Å²) >= 11 is 0. The highest BCUT2D eigenvalue weighted by molar-refractivity contribution is 5.07. The van der Waals surface area contributed by atoms with E-state index in [4.69, 9.17) is 4.42 Å². The van der Waals surface area contributed by atoms with E-state index in [0.717, 1.165) is 30.4 Å². The molecular weight excluding hydrogens is 228 g/mol. The molecule has 5 heteroatoms. The van der Waals surface area contributed by atoms with Crippen molar-refractivity contribution < 1.29 is 4.42 Å². The average Bonchev–Trinajstić information content (AvgIpc) is 3.06. The second kappa shape index (κ2) is 4.57. The molecule has 2 atom stereocenters. The Morgan fingerprint density at radius 2 is 2.22 bits per heavy atom. The van der Waals surface area contributed by atoms with Gasteiger partial charge in [0.1, 0.15) is 17.4 Å². The fourth-order valence-corrected chi connectivity index (χ4v) is 2.56. The molecule has 5 nitrogen and oxygen atoms in total. The third kappa shape index (κ3) is 1.95.